The van der Waals surface area contributed by atoms with E-state index in [0.29, 0.717) is 5.56 Å². The van der Waals surface area contributed by atoms with E-state index in [4.69, 9.17) is 5.11 Å². The number of hydrogen-bond donors (Lipinski definition) is 1. The summed E-state index contributed by atoms with van der Waals surface area (Å²) in [5, 5.41) is 9.15. The molecule has 142 valence electrons. The van der Waals surface area contributed by atoms with Crippen LogP contribution >= 0.6 is 11.3 Å². The number of ether oxygens (including phenoxy) is 1. The Labute approximate surface area is 152 Å². The predicted molar refractivity (Wildman–Crippen MR) is 90.5 cm³/mol. The van der Waals surface area contributed by atoms with Crippen LogP contribution in [0.5, 0.6) is 5.75 Å². The number of halogens is 3. The first kappa shape index (κ1) is 18.7. The van der Waals surface area contributed by atoms with Crippen molar-refractivity contribution in [1.82, 2.24) is 9.13 Å². The summed E-state index contributed by atoms with van der Waals surface area (Å²) in [6.07, 6.45) is -4.82. The van der Waals surface area contributed by atoms with Crippen molar-refractivity contribution in [2.24, 2.45) is 7.05 Å². The standard InChI is InChI=1S/C16H11F3N2O5S/c1-20-13-10(6-11(27-13)14(23)24)12(22)21(15(20)25)7-8-2-4-9(5-3-8)26-16(17,18)19/h2-6H,7H2,1H3,(H,23,24). The number of aromatic nitrogens is 2. The molecule has 0 amide bonds. The second-order valence-electron chi connectivity index (χ2n) is 5.56. The van der Waals surface area contributed by atoms with Crippen LogP contribution in [0.15, 0.2) is 39.9 Å². The van der Waals surface area contributed by atoms with Crippen LogP contribution in [0.2, 0.25) is 0 Å². The minimum atomic E-state index is -4.82. The van der Waals surface area contributed by atoms with Gasteiger partial charge in [-0.1, -0.05) is 12.1 Å². The second-order valence-corrected chi connectivity index (χ2v) is 6.59. The summed E-state index contributed by atoms with van der Waals surface area (Å²) in [7, 11) is 1.41. The van der Waals surface area contributed by atoms with E-state index in [9.17, 15) is 27.6 Å². The Hall–Kier alpha value is -3.08. The summed E-state index contributed by atoms with van der Waals surface area (Å²) >= 11 is 0.810. The third-order valence-electron chi connectivity index (χ3n) is 3.72. The van der Waals surface area contributed by atoms with Gasteiger partial charge in [-0.2, -0.15) is 0 Å². The number of rotatable bonds is 4. The van der Waals surface area contributed by atoms with Gasteiger partial charge in [0.2, 0.25) is 0 Å². The van der Waals surface area contributed by atoms with Gasteiger partial charge in [0, 0.05) is 7.05 Å². The molecule has 0 bridgehead atoms. The highest BCUT2D eigenvalue weighted by Crippen LogP contribution is 2.23. The molecule has 1 aromatic carbocycles. The average molecular weight is 400 g/mol. The van der Waals surface area contributed by atoms with E-state index in [1.54, 1.807) is 0 Å². The number of hydrogen-bond acceptors (Lipinski definition) is 5. The lowest BCUT2D eigenvalue weighted by Gasteiger charge is -2.11. The molecule has 3 aromatic rings. The number of fused-ring (bicyclic) bond motifs is 1. The number of alkyl halides is 3. The molecule has 3 rings (SSSR count). The number of thiophene rings is 1. The van der Waals surface area contributed by atoms with Gasteiger partial charge in [-0.05, 0) is 23.8 Å². The van der Waals surface area contributed by atoms with Gasteiger partial charge in [0.15, 0.2) is 0 Å². The van der Waals surface area contributed by atoms with Crippen molar-refractivity contribution < 1.29 is 27.8 Å². The van der Waals surface area contributed by atoms with E-state index in [1.165, 1.54) is 25.2 Å². The van der Waals surface area contributed by atoms with Crippen molar-refractivity contribution in [3.63, 3.8) is 0 Å². The molecule has 0 spiro atoms. The lowest BCUT2D eigenvalue weighted by molar-refractivity contribution is -0.274. The SMILES string of the molecule is Cn1c(=O)n(Cc2ccc(OC(F)(F)F)cc2)c(=O)c2cc(C(=O)O)sc21. The van der Waals surface area contributed by atoms with Gasteiger partial charge in [0.05, 0.1) is 11.9 Å². The number of nitrogens with zero attached hydrogens (tertiary/aromatic N) is 2. The summed E-state index contributed by atoms with van der Waals surface area (Å²) in [6.45, 7) is -0.188. The van der Waals surface area contributed by atoms with Gasteiger partial charge in [0.25, 0.3) is 5.56 Å². The van der Waals surface area contributed by atoms with E-state index < -0.39 is 29.3 Å². The highest BCUT2D eigenvalue weighted by atomic mass is 32.1. The molecule has 2 aromatic heterocycles. The van der Waals surface area contributed by atoms with Gasteiger partial charge in [-0.25, -0.2) is 9.59 Å². The zero-order chi connectivity index (χ0) is 19.9. The lowest BCUT2D eigenvalue weighted by Crippen LogP contribution is -2.38. The number of carbonyl (C=O) groups is 1. The maximum absolute atomic E-state index is 12.6. The molecular weight excluding hydrogens is 389 g/mol. The first-order valence-corrected chi connectivity index (χ1v) is 8.20. The molecule has 1 N–H and O–H groups in total. The van der Waals surface area contributed by atoms with Crippen LogP contribution in [0.1, 0.15) is 15.2 Å². The fourth-order valence-electron chi connectivity index (χ4n) is 2.51. The molecule has 0 atom stereocenters. The van der Waals surface area contributed by atoms with Crippen molar-refractivity contribution >= 4 is 27.5 Å². The molecule has 0 fully saturated rings. The van der Waals surface area contributed by atoms with Gasteiger partial charge in [-0.3, -0.25) is 13.9 Å². The smallest absolute Gasteiger partial charge is 0.477 e. The van der Waals surface area contributed by atoms with Crippen molar-refractivity contribution in [3.05, 3.63) is 61.6 Å². The van der Waals surface area contributed by atoms with Crippen molar-refractivity contribution in [2.75, 3.05) is 0 Å². The lowest BCUT2D eigenvalue weighted by atomic mass is 10.2. The molecule has 0 radical (unpaired) electrons. The van der Waals surface area contributed by atoms with E-state index >= 15 is 0 Å². The van der Waals surface area contributed by atoms with Gasteiger partial charge >= 0.3 is 18.0 Å². The topological polar surface area (TPSA) is 90.5 Å². The molecule has 0 saturated carbocycles. The molecule has 11 heteroatoms. The van der Waals surface area contributed by atoms with E-state index in [0.717, 1.165) is 32.6 Å². The Morgan fingerprint density at radius 1 is 1.22 bits per heavy atom. The summed E-state index contributed by atoms with van der Waals surface area (Å²) in [5.74, 6) is -1.64. The molecule has 0 unspecified atom stereocenters. The molecule has 0 aliphatic heterocycles. The minimum absolute atomic E-state index is 0.0801. The highest BCUT2D eigenvalue weighted by molar-refractivity contribution is 7.20. The van der Waals surface area contributed by atoms with Crippen LogP contribution in [-0.2, 0) is 13.6 Å². The molecule has 0 saturated heterocycles. The first-order valence-electron chi connectivity index (χ1n) is 7.38. The monoisotopic (exact) mass is 400 g/mol. The van der Waals surface area contributed by atoms with E-state index in [2.05, 4.69) is 4.74 Å². The normalized spacial score (nSPS) is 11.7. The molecule has 2 heterocycles. The fourth-order valence-corrected chi connectivity index (χ4v) is 3.45. The minimum Gasteiger partial charge on any atom is -0.477 e. The van der Waals surface area contributed by atoms with Crippen molar-refractivity contribution in [1.29, 1.82) is 0 Å². The van der Waals surface area contributed by atoms with Crippen LogP contribution in [0.25, 0.3) is 10.2 Å². The Balaban J connectivity index is 2.01. The van der Waals surface area contributed by atoms with E-state index in [1.807, 2.05) is 0 Å². The van der Waals surface area contributed by atoms with E-state index in [-0.39, 0.29) is 21.6 Å². The Morgan fingerprint density at radius 2 is 1.85 bits per heavy atom. The average Bonchev–Trinajstić information content (AvgIpc) is 3.03. The maximum Gasteiger partial charge on any atom is 0.573 e. The van der Waals surface area contributed by atoms with Crippen LogP contribution in [0.4, 0.5) is 13.2 Å². The zero-order valence-corrected chi connectivity index (χ0v) is 14.4. The Bertz CT molecular complexity index is 1140. The highest BCUT2D eigenvalue weighted by Gasteiger charge is 2.31. The van der Waals surface area contributed by atoms with Crippen molar-refractivity contribution in [2.45, 2.75) is 12.9 Å². The molecule has 0 aliphatic rings. The number of aryl methyl sites for hydroxylation is 1. The molecule has 0 aliphatic carbocycles. The summed E-state index contributed by atoms with van der Waals surface area (Å²) in [6, 6.07) is 5.94. The first-order chi connectivity index (χ1) is 12.6. The molecule has 27 heavy (non-hydrogen) atoms. The third kappa shape index (κ3) is 3.72. The number of carboxylic acids is 1. The van der Waals surface area contributed by atoms with Crippen LogP contribution in [-0.4, -0.2) is 26.6 Å². The second kappa shape index (κ2) is 6.58. The molecular formula is C16H11F3N2O5S. The number of benzene rings is 1. The summed E-state index contributed by atoms with van der Waals surface area (Å²) in [4.78, 5) is 36.3. The summed E-state index contributed by atoms with van der Waals surface area (Å²) < 4.78 is 42.4. The van der Waals surface area contributed by atoms with Gasteiger partial charge in [-0.15, -0.1) is 24.5 Å². The third-order valence-corrected chi connectivity index (χ3v) is 4.92. The largest absolute Gasteiger partial charge is 0.573 e. The fraction of sp³-hybridized carbons (Fsp3) is 0.188. The van der Waals surface area contributed by atoms with Crippen LogP contribution in [0.3, 0.4) is 0 Å². The van der Waals surface area contributed by atoms with Gasteiger partial charge in [0.1, 0.15) is 15.5 Å². The number of aromatic carboxylic acids is 1. The van der Waals surface area contributed by atoms with Crippen LogP contribution < -0.4 is 16.0 Å². The quantitative estimate of drug-likeness (QED) is 0.726. The van der Waals surface area contributed by atoms with Crippen molar-refractivity contribution in [3.8, 4) is 5.75 Å². The summed E-state index contributed by atoms with van der Waals surface area (Å²) in [5.41, 5.74) is -0.939. The number of carboxylic acid groups (broad SMARTS) is 1. The zero-order valence-electron chi connectivity index (χ0n) is 13.6. The Kier molecular flexibility index (Phi) is 4.56. The van der Waals surface area contributed by atoms with Gasteiger partial charge < -0.3 is 9.84 Å². The maximum atomic E-state index is 12.6. The Morgan fingerprint density at radius 3 is 2.41 bits per heavy atom. The predicted octanol–water partition coefficient (Wildman–Crippen LogP) is 2.41. The van der Waals surface area contributed by atoms with Crippen LogP contribution in [0, 0.1) is 0 Å². The molecule has 7 nitrogen and oxygen atoms in total.